The lowest BCUT2D eigenvalue weighted by molar-refractivity contribution is -0.149. The second-order valence-electron chi connectivity index (χ2n) is 14.4. The number of thioether (sulfide) groups is 6. The molecule has 3 heterocycles. The molecule has 3 saturated heterocycles. The lowest BCUT2D eigenvalue weighted by atomic mass is 9.84. The van der Waals surface area contributed by atoms with Crippen LogP contribution in [0.2, 0.25) is 0 Å². The molecule has 1 aromatic carbocycles. The van der Waals surface area contributed by atoms with Crippen molar-refractivity contribution in [1.82, 2.24) is 0 Å². The van der Waals surface area contributed by atoms with E-state index in [4.69, 9.17) is 14.2 Å². The van der Waals surface area contributed by atoms with Crippen molar-refractivity contribution in [3.63, 3.8) is 0 Å². The van der Waals surface area contributed by atoms with Crippen LogP contribution < -0.4 is 0 Å². The van der Waals surface area contributed by atoms with E-state index >= 15 is 0 Å². The van der Waals surface area contributed by atoms with Gasteiger partial charge in [0.15, 0.2) is 0 Å². The highest BCUT2D eigenvalue weighted by Gasteiger charge is 2.44. The standard InChI is InChI=1S/C15H24O2S2.C15H18O2S2.C12H20O2S2/c1-11(2)14(16)17-13-8-5-4-7-12(13)15(3)18-9-6-10-19-15;1-11(2)14(16)17-13(12-7-4-3-5-8-12)15-18-9-6-10-19-15;1-10(2)11(13)14-7-4-6-12(3)15-8-5-9-16-12/h12-13H,1,4-10H2,2-3H3;3-5,7-8,13,15H,1,6,9-10H2,2H3;1,4-9H2,2-3H3. The molecule has 3 aliphatic heterocycles. The van der Waals surface area contributed by atoms with Crippen LogP contribution in [0.4, 0.5) is 0 Å². The van der Waals surface area contributed by atoms with Crippen molar-refractivity contribution >= 4 is 88.5 Å². The zero-order valence-electron chi connectivity index (χ0n) is 33.0. The maximum atomic E-state index is 11.8. The van der Waals surface area contributed by atoms with Gasteiger partial charge in [-0.05, 0) is 126 Å². The summed E-state index contributed by atoms with van der Waals surface area (Å²) in [5, 5.41) is 0. The molecule has 6 nitrogen and oxygen atoms in total. The van der Waals surface area contributed by atoms with E-state index < -0.39 is 0 Å². The summed E-state index contributed by atoms with van der Waals surface area (Å²) < 4.78 is 17.3. The lowest BCUT2D eigenvalue weighted by Gasteiger charge is -2.44. The van der Waals surface area contributed by atoms with E-state index in [0.29, 0.717) is 33.3 Å². The topological polar surface area (TPSA) is 78.9 Å². The zero-order chi connectivity index (χ0) is 39.6. The normalized spacial score (nSPS) is 22.7. The summed E-state index contributed by atoms with van der Waals surface area (Å²) >= 11 is 11.9. The van der Waals surface area contributed by atoms with Gasteiger partial charge in [-0.1, -0.05) is 56.5 Å². The molecular formula is C42H62O6S6. The molecule has 0 radical (unpaired) electrons. The van der Waals surface area contributed by atoms with Gasteiger partial charge in [-0.15, -0.1) is 70.6 Å². The third-order valence-corrected chi connectivity index (χ3v) is 19.1. The molecule has 5 rings (SSSR count). The van der Waals surface area contributed by atoms with Crippen LogP contribution in [0.5, 0.6) is 0 Å². The van der Waals surface area contributed by atoms with Crippen LogP contribution in [-0.2, 0) is 28.6 Å². The smallest absolute Gasteiger partial charge is 0.333 e. The highest BCUT2D eigenvalue weighted by atomic mass is 32.2. The summed E-state index contributed by atoms with van der Waals surface area (Å²) in [7, 11) is 0. The van der Waals surface area contributed by atoms with Crippen molar-refractivity contribution in [2.24, 2.45) is 5.92 Å². The molecule has 54 heavy (non-hydrogen) atoms. The highest BCUT2D eigenvalue weighted by Crippen LogP contribution is 2.52. The first-order valence-corrected chi connectivity index (χ1v) is 25.2. The van der Waals surface area contributed by atoms with Gasteiger partial charge in [-0.2, -0.15) is 0 Å². The summed E-state index contributed by atoms with van der Waals surface area (Å²) in [5.74, 6) is 6.95. The van der Waals surface area contributed by atoms with Crippen molar-refractivity contribution < 1.29 is 28.6 Å². The van der Waals surface area contributed by atoms with E-state index in [9.17, 15) is 14.4 Å². The minimum absolute atomic E-state index is 0.0843. The van der Waals surface area contributed by atoms with Crippen LogP contribution in [-0.4, -0.2) is 77.9 Å². The van der Waals surface area contributed by atoms with Crippen molar-refractivity contribution in [1.29, 1.82) is 0 Å². The van der Waals surface area contributed by atoms with E-state index in [2.05, 4.69) is 57.1 Å². The molecule has 1 saturated carbocycles. The number of benzene rings is 1. The molecule has 0 aromatic heterocycles. The van der Waals surface area contributed by atoms with Crippen LogP contribution in [0.1, 0.15) is 104 Å². The Bertz CT molecular complexity index is 1370. The number of esters is 3. The molecule has 4 aliphatic rings. The van der Waals surface area contributed by atoms with E-state index in [-0.39, 0.29) is 38.8 Å². The third-order valence-electron chi connectivity index (χ3n) is 9.32. The molecule has 302 valence electrons. The Hall–Kier alpha value is -1.05. The number of carbonyl (C=O) groups excluding carboxylic acids is 3. The second-order valence-corrected chi connectivity index (χ2v) is 24.0. The van der Waals surface area contributed by atoms with Crippen LogP contribution in [0.3, 0.4) is 0 Å². The van der Waals surface area contributed by atoms with Crippen LogP contribution >= 0.6 is 70.6 Å². The average Bonchev–Trinajstić information content (AvgIpc) is 3.17. The summed E-state index contributed by atoms with van der Waals surface area (Å²) in [6, 6.07) is 9.98. The van der Waals surface area contributed by atoms with Gasteiger partial charge < -0.3 is 14.2 Å². The number of hydrogen-bond acceptors (Lipinski definition) is 12. The summed E-state index contributed by atoms with van der Waals surface area (Å²) in [6.07, 6.45) is 10.4. The molecule has 0 amide bonds. The van der Waals surface area contributed by atoms with Crippen molar-refractivity contribution in [3.8, 4) is 0 Å². The minimum atomic E-state index is -0.305. The van der Waals surface area contributed by atoms with Gasteiger partial charge in [0.05, 0.1) is 19.3 Å². The summed E-state index contributed by atoms with van der Waals surface area (Å²) in [6.45, 7) is 21.2. The van der Waals surface area contributed by atoms with Crippen LogP contribution in [0.25, 0.3) is 0 Å². The number of rotatable bonds is 12. The molecule has 1 aromatic rings. The maximum Gasteiger partial charge on any atom is 0.333 e. The molecule has 0 spiro atoms. The summed E-state index contributed by atoms with van der Waals surface area (Å²) in [4.78, 5) is 34.8. The minimum Gasteiger partial charge on any atom is -0.462 e. The Morgan fingerprint density at radius 1 is 0.722 bits per heavy atom. The fourth-order valence-electron chi connectivity index (χ4n) is 6.26. The van der Waals surface area contributed by atoms with E-state index in [1.165, 1.54) is 61.5 Å². The predicted molar refractivity (Wildman–Crippen MR) is 241 cm³/mol. The number of carbonyl (C=O) groups is 3. The molecule has 12 heteroatoms. The fraction of sp³-hybridized carbons (Fsp3) is 0.643. The second kappa shape index (κ2) is 24.7. The van der Waals surface area contributed by atoms with Crippen LogP contribution in [0.15, 0.2) is 66.8 Å². The Kier molecular flexibility index (Phi) is 21.6. The quantitative estimate of drug-likeness (QED) is 0.0869. The average molecular weight is 855 g/mol. The van der Waals surface area contributed by atoms with E-state index in [1.807, 2.05) is 77.4 Å². The Morgan fingerprint density at radius 3 is 1.83 bits per heavy atom. The first kappa shape index (κ1) is 47.3. The Morgan fingerprint density at radius 2 is 1.26 bits per heavy atom. The predicted octanol–water partition coefficient (Wildman–Crippen LogP) is 11.8. The first-order valence-electron chi connectivity index (χ1n) is 19.1. The molecule has 0 bridgehead atoms. The van der Waals surface area contributed by atoms with Gasteiger partial charge in [-0.25, -0.2) is 14.4 Å². The monoisotopic (exact) mass is 854 g/mol. The van der Waals surface area contributed by atoms with Crippen LogP contribution in [0, 0.1) is 5.92 Å². The SMILES string of the molecule is C=C(C)C(=O)OC(c1ccccc1)C1SCCCS1.C=C(C)C(=O)OC1CCCCC1C1(C)SCCCS1.C=C(C)C(=O)OCCCC1(C)SCCCS1. The highest BCUT2D eigenvalue weighted by molar-refractivity contribution is 8.19. The maximum absolute atomic E-state index is 11.8. The van der Waals surface area contributed by atoms with Gasteiger partial charge in [0.1, 0.15) is 12.2 Å². The van der Waals surface area contributed by atoms with Gasteiger partial charge >= 0.3 is 17.9 Å². The Balaban J connectivity index is 0.000000219. The molecule has 0 N–H and O–H groups in total. The number of hydrogen-bond donors (Lipinski definition) is 0. The molecule has 3 atom stereocenters. The van der Waals surface area contributed by atoms with E-state index in [1.54, 1.807) is 20.8 Å². The molecule has 4 fully saturated rings. The van der Waals surface area contributed by atoms with Gasteiger partial charge in [-0.3, -0.25) is 0 Å². The van der Waals surface area contributed by atoms with E-state index in [0.717, 1.165) is 36.3 Å². The third kappa shape index (κ3) is 16.4. The largest absolute Gasteiger partial charge is 0.462 e. The molecular weight excluding hydrogens is 793 g/mol. The van der Waals surface area contributed by atoms with Crippen molar-refractivity contribution in [3.05, 3.63) is 72.4 Å². The molecule has 1 aliphatic carbocycles. The number of ether oxygens (including phenoxy) is 3. The first-order chi connectivity index (χ1) is 25.7. The van der Waals surface area contributed by atoms with Gasteiger partial charge in [0, 0.05) is 22.6 Å². The zero-order valence-corrected chi connectivity index (χ0v) is 37.9. The molecule has 3 unspecified atom stereocenters. The lowest BCUT2D eigenvalue weighted by Crippen LogP contribution is -2.43. The summed E-state index contributed by atoms with van der Waals surface area (Å²) in [5.41, 5.74) is 2.50. The van der Waals surface area contributed by atoms with Crippen molar-refractivity contribution in [2.45, 2.75) is 117 Å². The Labute approximate surface area is 351 Å². The van der Waals surface area contributed by atoms with Gasteiger partial charge in [0.2, 0.25) is 0 Å². The fourth-order valence-corrected chi connectivity index (χ4v) is 15.7. The van der Waals surface area contributed by atoms with Gasteiger partial charge in [0.25, 0.3) is 0 Å². The van der Waals surface area contributed by atoms with Crippen molar-refractivity contribution in [2.75, 3.05) is 41.1 Å².